The zero-order chi connectivity index (χ0) is 64.9. The van der Waals surface area contributed by atoms with Crippen LogP contribution >= 0.6 is 22.7 Å². The number of benzene rings is 2. The summed E-state index contributed by atoms with van der Waals surface area (Å²) in [6.45, 7) is 6.21. The maximum Gasteiger partial charge on any atom is 0.442 e. The van der Waals surface area contributed by atoms with E-state index in [9.17, 15) is 47.4 Å². The summed E-state index contributed by atoms with van der Waals surface area (Å²) in [6, 6.07) is 10.2. The highest BCUT2D eigenvalue weighted by molar-refractivity contribution is 7.81. The van der Waals surface area contributed by atoms with Crippen LogP contribution in [0.15, 0.2) is 82.0 Å². The first-order valence-corrected chi connectivity index (χ1v) is 30.0. The van der Waals surface area contributed by atoms with Gasteiger partial charge in [-0.15, -0.1) is 50.0 Å². The van der Waals surface area contributed by atoms with Crippen LogP contribution in [0.5, 0.6) is 11.5 Å². The van der Waals surface area contributed by atoms with E-state index in [1.54, 1.807) is 48.5 Å². The van der Waals surface area contributed by atoms with Crippen LogP contribution in [0.1, 0.15) is 51.9 Å². The lowest BCUT2D eigenvalue weighted by Crippen LogP contribution is -2.78. The van der Waals surface area contributed by atoms with E-state index in [4.69, 9.17) is 62.1 Å². The molecule has 37 heteroatoms. The van der Waals surface area contributed by atoms with Crippen LogP contribution in [0.3, 0.4) is 0 Å². The number of carbonyl (C=O) groups excluding carboxylic acids is 4. The third-order valence-corrected chi connectivity index (χ3v) is 16.1. The molecule has 0 saturated carbocycles. The van der Waals surface area contributed by atoms with Gasteiger partial charge in [-0.2, -0.15) is 18.5 Å². The van der Waals surface area contributed by atoms with Crippen molar-refractivity contribution in [2.45, 2.75) is 89.0 Å². The number of amides is 4. The Bertz CT molecular complexity index is 3590. The Morgan fingerprint density at radius 1 is 0.652 bits per heavy atom. The molecule has 2 aromatic carbocycles. The molecule has 2 fully saturated rings. The number of carboxylic acids is 2. The number of nitrogen functional groups attached to an aromatic ring is 4. The monoisotopic (exact) mass is 1290 g/mol. The molecule has 476 valence electrons. The lowest BCUT2D eigenvalue weighted by atomic mass is 9.84. The smallest absolute Gasteiger partial charge is 0.442 e. The number of rotatable bonds is 30. The summed E-state index contributed by atoms with van der Waals surface area (Å²) in [5.74, 6) is -6.06. The van der Waals surface area contributed by atoms with Gasteiger partial charge in [0.2, 0.25) is 12.4 Å². The fraction of sp³-hybridized carbons (Fsp3) is 0.385. The molecule has 34 nitrogen and oxygen atoms in total. The molecular weight excluding hydrogens is 1230 g/mol. The maximum absolute atomic E-state index is 13.9. The molecule has 6 aromatic rings. The number of hydroxylamine groups is 4. The van der Waals surface area contributed by atoms with Gasteiger partial charge >= 0.3 is 22.3 Å². The number of hydrogen-bond acceptors (Lipinski definition) is 26. The summed E-state index contributed by atoms with van der Waals surface area (Å²) >= 11 is 1.79. The fourth-order valence-corrected chi connectivity index (χ4v) is 11.1. The van der Waals surface area contributed by atoms with Gasteiger partial charge < -0.3 is 74.4 Å². The Balaban J connectivity index is 0.866. The number of β-lactam (4-membered cyclic amide) rings is 2. The van der Waals surface area contributed by atoms with Crippen molar-refractivity contribution in [2.75, 3.05) is 49.2 Å². The molecule has 0 bridgehead atoms. The predicted molar refractivity (Wildman–Crippen MR) is 317 cm³/mol. The van der Waals surface area contributed by atoms with Gasteiger partial charge in [-0.25, -0.2) is 19.6 Å². The molecule has 2 saturated heterocycles. The van der Waals surface area contributed by atoms with Crippen LogP contribution in [-0.4, -0.2) is 157 Å². The number of ether oxygens (including phenoxy) is 2. The van der Waals surface area contributed by atoms with E-state index in [2.05, 4.69) is 30.9 Å². The second-order valence-electron chi connectivity index (χ2n) is 21.0. The molecular formula is C52H66N18O16S3+2. The Morgan fingerprint density at radius 2 is 1.01 bits per heavy atom. The largest absolute Gasteiger partial charge is 0.489 e. The summed E-state index contributed by atoms with van der Waals surface area (Å²) in [4.78, 5) is 98.4. The van der Waals surface area contributed by atoms with Crippen molar-refractivity contribution in [1.29, 1.82) is 0 Å². The highest BCUT2D eigenvalue weighted by Gasteiger charge is 2.61. The molecule has 0 radical (unpaired) electrons. The fourth-order valence-electron chi connectivity index (χ4n) is 9.13. The molecule has 2 aliphatic heterocycles. The standard InChI is InChI=1S/C52H64N18O16S3/c1-51(2)39(61-43(71)37(33-25-87-49(57)59-33)63-83-35(47(75)76)23-81-29-13-9-27(10-14-29)31-21-65(5)67(41(31)55)19-7-17-53)45(73)69(51)85-89(79,80)86-70-46(74)40(52(70,3)4)62-44(72)38(34-26-88-50(58)60-34)64-84-36(48(77)78)24-82-30-15-11-28(12-16-30)32-22-66(6)68(42(32)56)20-8-18-54/h9-16,21-22,25-26,35-36,39-40,55-56H,7-8,17-20,23-24,53-54H2,1-6H3,(H8,57,58,59,60,61,62,71,72,75,76,77,78)/p+2/b63-37-,64-38-/t35-,36-,39+,40+/m0/s1. The molecule has 4 aromatic heterocycles. The highest BCUT2D eigenvalue weighted by Crippen LogP contribution is 2.37. The van der Waals surface area contributed by atoms with Crippen molar-refractivity contribution < 1.29 is 84.5 Å². The van der Waals surface area contributed by atoms with Crippen LogP contribution in [0.4, 0.5) is 21.9 Å². The molecule has 89 heavy (non-hydrogen) atoms. The molecule has 0 unspecified atom stereocenters. The van der Waals surface area contributed by atoms with E-state index < -0.39 is 106 Å². The number of carboxylic acid groups (broad SMARTS) is 2. The molecule has 6 heterocycles. The summed E-state index contributed by atoms with van der Waals surface area (Å²) in [5, 5.41) is 35.7. The van der Waals surface area contributed by atoms with Gasteiger partial charge in [0, 0.05) is 10.8 Å². The first kappa shape index (κ1) is 65.4. The number of aliphatic carboxylic acids is 2. The van der Waals surface area contributed by atoms with E-state index in [-0.39, 0.29) is 33.1 Å². The Hall–Kier alpha value is -9.53. The van der Waals surface area contributed by atoms with Crippen LogP contribution in [0.2, 0.25) is 0 Å². The normalized spacial score (nSPS) is 17.1. The highest BCUT2D eigenvalue weighted by atomic mass is 32.3. The van der Waals surface area contributed by atoms with E-state index in [0.29, 0.717) is 47.9 Å². The number of nitrogens with zero attached hydrogens (tertiary/aromatic N) is 10. The predicted octanol–water partition coefficient (Wildman–Crippen LogP) is -1.26. The van der Waals surface area contributed by atoms with Gasteiger partial charge in [0.15, 0.2) is 47.4 Å². The quantitative estimate of drug-likeness (QED) is 0.0109. The van der Waals surface area contributed by atoms with Gasteiger partial charge in [-0.3, -0.25) is 19.2 Å². The van der Waals surface area contributed by atoms with Gasteiger partial charge in [0.1, 0.15) is 48.2 Å². The molecule has 2 aliphatic rings. The van der Waals surface area contributed by atoms with E-state index >= 15 is 0 Å². The zero-order valence-electron chi connectivity index (χ0n) is 48.7. The number of nitrogens with two attached hydrogens (primary N) is 6. The van der Waals surface area contributed by atoms with Crippen molar-refractivity contribution in [3.63, 3.8) is 0 Å². The zero-order valence-corrected chi connectivity index (χ0v) is 51.1. The van der Waals surface area contributed by atoms with Gasteiger partial charge in [0.05, 0.1) is 35.3 Å². The van der Waals surface area contributed by atoms with Crippen molar-refractivity contribution in [3.8, 4) is 33.8 Å². The summed E-state index contributed by atoms with van der Waals surface area (Å²) in [5.41, 5.74) is 33.8. The second-order valence-corrected chi connectivity index (χ2v) is 23.9. The minimum atomic E-state index is -5.37. The average molecular weight is 1300 g/mol. The number of hydrogen-bond donors (Lipinski definition) is 10. The number of anilines is 4. The molecule has 16 N–H and O–H groups in total. The SMILES string of the molecule is C[n+]1cc(-c2ccc(OC[C@H](O/N=C(\C(=O)N[C@@H]3C(=O)N(OS(=O)(=O)ON4C(=O)[C@@H](NC(=O)/C(=N\O[C@@H](COc5ccc(-c6c[n+](C)n(CCCN)c6N)cc5)C(=O)O)c5csc(N)n5)C4(C)C)C3(C)C)c3csc(N)n3)C(=O)O)cc2)c(N)n1CCCN. The van der Waals surface area contributed by atoms with E-state index in [0.717, 1.165) is 57.8 Å². The molecule has 4 amide bonds. The molecule has 0 aliphatic carbocycles. The third kappa shape index (κ3) is 14.4. The number of aromatic nitrogens is 6. The number of oxime groups is 2. The summed E-state index contributed by atoms with van der Waals surface area (Å²) in [6.07, 6.45) is 1.54. The Morgan fingerprint density at radius 3 is 1.31 bits per heavy atom. The van der Waals surface area contributed by atoms with Crippen molar-refractivity contribution in [3.05, 3.63) is 83.1 Å². The first-order chi connectivity index (χ1) is 42.1. The second kappa shape index (κ2) is 26.8. The minimum Gasteiger partial charge on any atom is -0.489 e. The molecule has 0 spiro atoms. The Labute approximate surface area is 515 Å². The van der Waals surface area contributed by atoms with Crippen LogP contribution in [0, 0.1) is 0 Å². The molecule has 4 atom stereocenters. The summed E-state index contributed by atoms with van der Waals surface area (Å²) < 4.78 is 55.8. The molecule has 8 rings (SSSR count). The third-order valence-electron chi connectivity index (χ3n) is 14.1. The minimum absolute atomic E-state index is 0.0201. The van der Waals surface area contributed by atoms with Crippen LogP contribution in [-0.2, 0) is 84.6 Å². The lowest BCUT2D eigenvalue weighted by molar-refractivity contribution is -0.752. The van der Waals surface area contributed by atoms with Crippen LogP contribution in [0.25, 0.3) is 22.3 Å². The van der Waals surface area contributed by atoms with Crippen LogP contribution < -0.4 is 63.9 Å². The van der Waals surface area contributed by atoms with Gasteiger partial charge in [-0.1, -0.05) is 34.6 Å². The topological polar surface area (TPSA) is 487 Å². The number of carbonyl (C=O) groups is 6. The van der Waals surface area contributed by atoms with Crippen molar-refractivity contribution in [2.24, 2.45) is 35.9 Å². The van der Waals surface area contributed by atoms with Crippen molar-refractivity contribution in [1.82, 2.24) is 40.1 Å². The number of nitrogens with one attached hydrogen (secondary N) is 2. The van der Waals surface area contributed by atoms with Gasteiger partial charge in [0.25, 0.3) is 35.8 Å². The van der Waals surface area contributed by atoms with Gasteiger partial charge in [-0.05, 0) is 89.0 Å². The van der Waals surface area contributed by atoms with E-state index in [1.807, 2.05) is 45.2 Å². The van der Waals surface area contributed by atoms with Crippen molar-refractivity contribution >= 4 is 102 Å². The van der Waals surface area contributed by atoms with E-state index in [1.165, 1.54) is 38.5 Å². The number of thiazole rings is 2. The maximum atomic E-state index is 13.9. The average Bonchev–Trinajstić information content (AvgIpc) is 1.60. The summed E-state index contributed by atoms with van der Waals surface area (Å²) in [7, 11) is -1.68. The lowest BCUT2D eigenvalue weighted by Gasteiger charge is -2.52. The number of aryl methyl sites for hydroxylation is 2. The Kier molecular flexibility index (Phi) is 19.7. The first-order valence-electron chi connectivity index (χ1n) is 26.9.